The molecule has 1 fully saturated rings. The van der Waals surface area contributed by atoms with Gasteiger partial charge >= 0.3 is 0 Å². The lowest BCUT2D eigenvalue weighted by Gasteiger charge is -1.95. The summed E-state index contributed by atoms with van der Waals surface area (Å²) < 4.78 is 5.33. The summed E-state index contributed by atoms with van der Waals surface area (Å²) in [6.07, 6.45) is 2.78. The molecular formula is C12H15BrO2. The highest BCUT2D eigenvalue weighted by molar-refractivity contribution is 9.10. The average Bonchev–Trinajstić information content (AvgIpc) is 3.05. The summed E-state index contributed by atoms with van der Waals surface area (Å²) in [6, 6.07) is 8.66. The predicted molar refractivity (Wildman–Crippen MR) is 63.8 cm³/mol. The van der Waals surface area contributed by atoms with Gasteiger partial charge in [-0.15, -0.1) is 0 Å². The largest absolute Gasteiger partial charge is 0.468 e. The lowest BCUT2D eigenvalue weighted by Crippen LogP contribution is -1.80. The molecule has 0 aliphatic heterocycles. The van der Waals surface area contributed by atoms with Crippen molar-refractivity contribution in [2.24, 2.45) is 0 Å². The van der Waals surface area contributed by atoms with Crippen LogP contribution in [0.15, 0.2) is 28.7 Å². The van der Waals surface area contributed by atoms with Gasteiger partial charge in [0.25, 0.3) is 6.47 Å². The topological polar surface area (TPSA) is 26.3 Å². The van der Waals surface area contributed by atoms with E-state index in [0.29, 0.717) is 13.1 Å². The van der Waals surface area contributed by atoms with Crippen LogP contribution in [0, 0.1) is 0 Å². The molecule has 3 heteroatoms. The van der Waals surface area contributed by atoms with Gasteiger partial charge in [-0.25, -0.2) is 0 Å². The number of ether oxygens (including phenoxy) is 1. The Morgan fingerprint density at radius 3 is 2.33 bits per heavy atom. The van der Waals surface area contributed by atoms with Crippen LogP contribution in [0.5, 0.6) is 0 Å². The molecule has 0 unspecified atom stereocenters. The van der Waals surface area contributed by atoms with E-state index in [9.17, 15) is 4.79 Å². The SMILES string of the molecule is Brc1ccc(C2CC2)cc1.CCOC=O. The minimum absolute atomic E-state index is 0.431. The Balaban J connectivity index is 0.000000195. The van der Waals surface area contributed by atoms with E-state index in [1.165, 1.54) is 22.9 Å². The molecule has 0 saturated heterocycles. The molecular weight excluding hydrogens is 256 g/mol. The zero-order valence-corrected chi connectivity index (χ0v) is 10.4. The standard InChI is InChI=1S/C9H9Br.C3H6O2/c10-9-5-3-8(4-6-9)7-1-2-7;1-2-5-3-4/h3-7H,1-2H2;3H,2H2,1H3. The number of carbonyl (C=O) groups is 1. The van der Waals surface area contributed by atoms with Gasteiger partial charge in [0.15, 0.2) is 0 Å². The second-order valence-electron chi connectivity index (χ2n) is 3.38. The van der Waals surface area contributed by atoms with Crippen LogP contribution in [-0.2, 0) is 9.53 Å². The maximum absolute atomic E-state index is 9.18. The molecule has 0 N–H and O–H groups in total. The number of carbonyl (C=O) groups excluding carboxylic acids is 1. The van der Waals surface area contributed by atoms with Crippen LogP contribution in [0.1, 0.15) is 31.2 Å². The first-order valence-corrected chi connectivity index (χ1v) is 5.88. The molecule has 82 valence electrons. The fraction of sp³-hybridized carbons (Fsp3) is 0.417. The number of hydrogen-bond donors (Lipinski definition) is 0. The molecule has 0 aromatic heterocycles. The van der Waals surface area contributed by atoms with Gasteiger partial charge in [0, 0.05) is 4.47 Å². The third kappa shape index (κ3) is 4.98. The minimum Gasteiger partial charge on any atom is -0.468 e. The van der Waals surface area contributed by atoms with E-state index in [1.807, 2.05) is 0 Å². The molecule has 1 aromatic rings. The number of rotatable bonds is 3. The molecule has 0 spiro atoms. The first kappa shape index (κ1) is 12.2. The lowest BCUT2D eigenvalue weighted by atomic mass is 10.1. The van der Waals surface area contributed by atoms with Crippen LogP contribution in [0.2, 0.25) is 0 Å². The fourth-order valence-corrected chi connectivity index (χ4v) is 1.48. The zero-order chi connectivity index (χ0) is 11.1. The van der Waals surface area contributed by atoms with Gasteiger partial charge in [0.1, 0.15) is 0 Å². The molecule has 1 saturated carbocycles. The summed E-state index contributed by atoms with van der Waals surface area (Å²) in [5.74, 6) is 0.882. The molecule has 0 radical (unpaired) electrons. The Morgan fingerprint density at radius 1 is 1.40 bits per heavy atom. The van der Waals surface area contributed by atoms with Gasteiger partial charge in [-0.05, 0) is 43.4 Å². The average molecular weight is 271 g/mol. The molecule has 2 rings (SSSR count). The Labute approximate surface area is 98.8 Å². The van der Waals surface area contributed by atoms with Crippen molar-refractivity contribution >= 4 is 22.4 Å². The normalized spacial score (nSPS) is 13.7. The molecule has 0 heterocycles. The molecule has 1 aliphatic carbocycles. The van der Waals surface area contributed by atoms with E-state index in [1.54, 1.807) is 6.92 Å². The smallest absolute Gasteiger partial charge is 0.293 e. The summed E-state index contributed by atoms with van der Waals surface area (Å²) in [6.45, 7) is 2.66. The van der Waals surface area contributed by atoms with Gasteiger partial charge in [-0.3, -0.25) is 4.79 Å². The van der Waals surface area contributed by atoms with Crippen molar-refractivity contribution in [2.75, 3.05) is 6.61 Å². The molecule has 0 bridgehead atoms. The van der Waals surface area contributed by atoms with E-state index in [-0.39, 0.29) is 0 Å². The highest BCUT2D eigenvalue weighted by Crippen LogP contribution is 2.40. The zero-order valence-electron chi connectivity index (χ0n) is 8.78. The van der Waals surface area contributed by atoms with Crippen LogP contribution in [-0.4, -0.2) is 13.1 Å². The monoisotopic (exact) mass is 270 g/mol. The van der Waals surface area contributed by atoms with Crippen LogP contribution in [0.3, 0.4) is 0 Å². The summed E-state index contributed by atoms with van der Waals surface area (Å²) >= 11 is 3.41. The molecule has 0 amide bonds. The van der Waals surface area contributed by atoms with Gasteiger partial charge in [-0.2, -0.15) is 0 Å². The molecule has 2 nitrogen and oxygen atoms in total. The van der Waals surface area contributed by atoms with E-state index in [4.69, 9.17) is 0 Å². The van der Waals surface area contributed by atoms with Crippen molar-refractivity contribution in [3.63, 3.8) is 0 Å². The Morgan fingerprint density at radius 2 is 2.00 bits per heavy atom. The van der Waals surface area contributed by atoms with Crippen LogP contribution in [0.4, 0.5) is 0 Å². The van der Waals surface area contributed by atoms with E-state index in [2.05, 4.69) is 44.9 Å². The van der Waals surface area contributed by atoms with Gasteiger partial charge in [0.2, 0.25) is 0 Å². The highest BCUT2D eigenvalue weighted by Gasteiger charge is 2.22. The second kappa shape index (κ2) is 6.62. The van der Waals surface area contributed by atoms with Crippen molar-refractivity contribution in [1.82, 2.24) is 0 Å². The summed E-state index contributed by atoms with van der Waals surface area (Å²) in [5.41, 5.74) is 1.50. The molecule has 1 aliphatic rings. The number of hydrogen-bond acceptors (Lipinski definition) is 2. The van der Waals surface area contributed by atoms with Crippen molar-refractivity contribution in [1.29, 1.82) is 0 Å². The first-order chi connectivity index (χ1) is 7.27. The van der Waals surface area contributed by atoms with Crippen LogP contribution in [0.25, 0.3) is 0 Å². The van der Waals surface area contributed by atoms with Crippen molar-refractivity contribution in [3.05, 3.63) is 34.3 Å². The predicted octanol–water partition coefficient (Wildman–Crippen LogP) is 3.51. The highest BCUT2D eigenvalue weighted by atomic mass is 79.9. The van der Waals surface area contributed by atoms with Gasteiger partial charge in [-0.1, -0.05) is 28.1 Å². The maximum Gasteiger partial charge on any atom is 0.293 e. The lowest BCUT2D eigenvalue weighted by molar-refractivity contribution is -0.128. The first-order valence-electron chi connectivity index (χ1n) is 5.08. The van der Waals surface area contributed by atoms with Crippen LogP contribution < -0.4 is 0 Å². The summed E-state index contributed by atoms with van der Waals surface area (Å²) in [4.78, 5) is 9.18. The fourth-order valence-electron chi connectivity index (χ4n) is 1.22. The molecule has 1 aromatic carbocycles. The summed E-state index contributed by atoms with van der Waals surface area (Å²) in [5, 5.41) is 0. The van der Waals surface area contributed by atoms with Crippen LogP contribution >= 0.6 is 15.9 Å². The van der Waals surface area contributed by atoms with E-state index >= 15 is 0 Å². The molecule has 0 atom stereocenters. The third-order valence-corrected chi connectivity index (χ3v) is 2.68. The Kier molecular flexibility index (Phi) is 5.40. The number of halogens is 1. The van der Waals surface area contributed by atoms with Crippen molar-refractivity contribution < 1.29 is 9.53 Å². The van der Waals surface area contributed by atoms with Gasteiger partial charge < -0.3 is 4.74 Å². The summed E-state index contributed by atoms with van der Waals surface area (Å²) in [7, 11) is 0. The Hall–Kier alpha value is -0.830. The third-order valence-electron chi connectivity index (χ3n) is 2.15. The maximum atomic E-state index is 9.18. The number of benzene rings is 1. The quantitative estimate of drug-likeness (QED) is 0.786. The van der Waals surface area contributed by atoms with E-state index in [0.717, 1.165) is 5.92 Å². The minimum atomic E-state index is 0.431. The second-order valence-corrected chi connectivity index (χ2v) is 4.29. The Bertz CT molecular complexity index is 291. The van der Waals surface area contributed by atoms with Gasteiger partial charge in [0.05, 0.1) is 6.61 Å². The van der Waals surface area contributed by atoms with E-state index < -0.39 is 0 Å². The van der Waals surface area contributed by atoms with Crippen molar-refractivity contribution in [3.8, 4) is 0 Å². The van der Waals surface area contributed by atoms with Crippen molar-refractivity contribution in [2.45, 2.75) is 25.7 Å². The molecule has 15 heavy (non-hydrogen) atoms.